The summed E-state index contributed by atoms with van der Waals surface area (Å²) in [6, 6.07) is 10.7. The number of hydrogen-bond donors (Lipinski definition) is 1. The quantitative estimate of drug-likeness (QED) is 0.893. The number of pyridine rings is 1. The molecule has 0 fully saturated rings. The lowest BCUT2D eigenvalue weighted by Crippen LogP contribution is -2.17. The van der Waals surface area contributed by atoms with Crippen LogP contribution in [0.2, 0.25) is 5.02 Å². The van der Waals surface area contributed by atoms with Gasteiger partial charge in [-0.15, -0.1) is 0 Å². The van der Waals surface area contributed by atoms with E-state index in [1.165, 1.54) is 11.1 Å². The Hall–Kier alpha value is -1.38. The van der Waals surface area contributed by atoms with Crippen LogP contribution >= 0.6 is 11.6 Å². The molecule has 0 aliphatic carbocycles. The fourth-order valence-electron chi connectivity index (χ4n) is 2.16. The first kappa shape index (κ1) is 14.0. The first-order chi connectivity index (χ1) is 9.20. The molecule has 0 spiro atoms. The number of nitrogens with one attached hydrogen (secondary N) is 1. The second kappa shape index (κ2) is 6.69. The van der Waals surface area contributed by atoms with Gasteiger partial charge < -0.3 is 5.32 Å². The normalized spacial score (nSPS) is 12.4. The van der Waals surface area contributed by atoms with Gasteiger partial charge in [0.2, 0.25) is 0 Å². The Kier molecular flexibility index (Phi) is 4.94. The third-order valence-corrected chi connectivity index (χ3v) is 3.80. The summed E-state index contributed by atoms with van der Waals surface area (Å²) in [7, 11) is 1.99. The Morgan fingerprint density at radius 3 is 2.79 bits per heavy atom. The zero-order valence-electron chi connectivity index (χ0n) is 11.4. The van der Waals surface area contributed by atoms with Gasteiger partial charge in [-0.25, -0.2) is 0 Å². The summed E-state index contributed by atoms with van der Waals surface area (Å²) in [5.41, 5.74) is 3.62. The maximum Gasteiger partial charge on any atom is 0.0438 e. The van der Waals surface area contributed by atoms with Gasteiger partial charge in [-0.05, 0) is 55.6 Å². The molecule has 3 heteroatoms. The molecule has 100 valence electrons. The van der Waals surface area contributed by atoms with Gasteiger partial charge in [0, 0.05) is 23.5 Å². The second-order valence-electron chi connectivity index (χ2n) is 4.75. The van der Waals surface area contributed by atoms with Crippen LogP contribution in [0.4, 0.5) is 0 Å². The minimum Gasteiger partial charge on any atom is -0.313 e. The molecule has 1 atom stereocenters. The van der Waals surface area contributed by atoms with Crippen LogP contribution in [0, 0.1) is 6.92 Å². The van der Waals surface area contributed by atoms with Crippen molar-refractivity contribution in [3.8, 4) is 0 Å². The van der Waals surface area contributed by atoms with Gasteiger partial charge in [0.15, 0.2) is 0 Å². The molecule has 2 nitrogen and oxygen atoms in total. The zero-order valence-corrected chi connectivity index (χ0v) is 12.1. The Morgan fingerprint density at radius 2 is 2.16 bits per heavy atom. The highest BCUT2D eigenvalue weighted by molar-refractivity contribution is 6.31. The van der Waals surface area contributed by atoms with E-state index in [2.05, 4.69) is 34.6 Å². The maximum atomic E-state index is 6.19. The van der Waals surface area contributed by atoms with Gasteiger partial charge in [0.05, 0.1) is 0 Å². The number of benzene rings is 1. The van der Waals surface area contributed by atoms with Crippen LogP contribution in [0.25, 0.3) is 0 Å². The molecule has 1 unspecified atom stereocenters. The van der Waals surface area contributed by atoms with Crippen LogP contribution in [-0.4, -0.2) is 12.0 Å². The van der Waals surface area contributed by atoms with Gasteiger partial charge in [-0.1, -0.05) is 29.8 Å². The Labute approximate surface area is 119 Å². The van der Waals surface area contributed by atoms with Crippen molar-refractivity contribution < 1.29 is 0 Å². The molecule has 1 aromatic carbocycles. The molecule has 0 saturated heterocycles. The van der Waals surface area contributed by atoms with E-state index in [1.54, 1.807) is 6.20 Å². The molecule has 1 aromatic heterocycles. The third kappa shape index (κ3) is 3.79. The summed E-state index contributed by atoms with van der Waals surface area (Å²) in [6.07, 6.45) is 5.76. The molecular formula is C16H19ClN2. The highest BCUT2D eigenvalue weighted by Gasteiger charge is 2.10. The summed E-state index contributed by atoms with van der Waals surface area (Å²) >= 11 is 6.19. The van der Waals surface area contributed by atoms with E-state index in [9.17, 15) is 0 Å². The average molecular weight is 275 g/mol. The van der Waals surface area contributed by atoms with E-state index in [-0.39, 0.29) is 0 Å². The number of rotatable bonds is 5. The van der Waals surface area contributed by atoms with Crippen LogP contribution in [0.5, 0.6) is 0 Å². The number of aryl methyl sites for hydroxylation is 2. The lowest BCUT2D eigenvalue weighted by Gasteiger charge is -2.17. The van der Waals surface area contributed by atoms with Gasteiger partial charge in [0.1, 0.15) is 0 Å². The Bertz CT molecular complexity index is 526. The number of halogens is 1. The predicted molar refractivity (Wildman–Crippen MR) is 80.5 cm³/mol. The summed E-state index contributed by atoms with van der Waals surface area (Å²) in [5.74, 6) is 0. The van der Waals surface area contributed by atoms with Gasteiger partial charge in [0.25, 0.3) is 0 Å². The predicted octanol–water partition coefficient (Wildman–Crippen LogP) is 3.94. The highest BCUT2D eigenvalue weighted by atomic mass is 35.5. The Morgan fingerprint density at radius 1 is 1.32 bits per heavy atom. The van der Waals surface area contributed by atoms with Gasteiger partial charge >= 0.3 is 0 Å². The van der Waals surface area contributed by atoms with Crippen molar-refractivity contribution in [2.24, 2.45) is 0 Å². The molecule has 0 radical (unpaired) electrons. The fourth-order valence-corrected chi connectivity index (χ4v) is 2.35. The molecule has 1 heterocycles. The summed E-state index contributed by atoms with van der Waals surface area (Å²) in [6.45, 7) is 2.02. The standard InChI is InChI=1S/C16H19ClN2/c1-12-5-7-14(10-15(12)17)16(18-2)8-6-13-4-3-9-19-11-13/h3-5,7,9-11,16,18H,6,8H2,1-2H3. The molecule has 2 rings (SSSR count). The first-order valence-electron chi connectivity index (χ1n) is 6.53. The molecule has 0 bridgehead atoms. The van der Waals surface area contributed by atoms with Crippen molar-refractivity contribution in [3.63, 3.8) is 0 Å². The largest absolute Gasteiger partial charge is 0.313 e. The third-order valence-electron chi connectivity index (χ3n) is 3.39. The van der Waals surface area contributed by atoms with Gasteiger partial charge in [-0.3, -0.25) is 4.98 Å². The number of hydrogen-bond acceptors (Lipinski definition) is 2. The fraction of sp³-hybridized carbons (Fsp3) is 0.312. The SMILES string of the molecule is CNC(CCc1cccnc1)c1ccc(C)c(Cl)c1. The summed E-state index contributed by atoms with van der Waals surface area (Å²) in [4.78, 5) is 4.15. The molecule has 0 saturated carbocycles. The van der Waals surface area contributed by atoms with Crippen LogP contribution in [0.3, 0.4) is 0 Å². The van der Waals surface area contributed by atoms with Crippen LogP contribution in [-0.2, 0) is 6.42 Å². The van der Waals surface area contributed by atoms with Crippen molar-refractivity contribution in [3.05, 3.63) is 64.4 Å². The van der Waals surface area contributed by atoms with E-state index < -0.39 is 0 Å². The number of aromatic nitrogens is 1. The summed E-state index contributed by atoms with van der Waals surface area (Å²) < 4.78 is 0. The lowest BCUT2D eigenvalue weighted by atomic mass is 9.99. The number of nitrogens with zero attached hydrogens (tertiary/aromatic N) is 1. The molecule has 0 amide bonds. The molecule has 0 aliphatic rings. The zero-order chi connectivity index (χ0) is 13.7. The smallest absolute Gasteiger partial charge is 0.0438 e. The Balaban J connectivity index is 2.05. The van der Waals surface area contributed by atoms with Crippen molar-refractivity contribution >= 4 is 11.6 Å². The van der Waals surface area contributed by atoms with Crippen LogP contribution in [0.15, 0.2) is 42.7 Å². The van der Waals surface area contributed by atoms with E-state index in [1.807, 2.05) is 26.2 Å². The lowest BCUT2D eigenvalue weighted by molar-refractivity contribution is 0.549. The monoisotopic (exact) mass is 274 g/mol. The van der Waals surface area contributed by atoms with E-state index in [4.69, 9.17) is 11.6 Å². The molecule has 19 heavy (non-hydrogen) atoms. The molecular weight excluding hydrogens is 256 g/mol. The molecule has 0 aliphatic heterocycles. The summed E-state index contributed by atoms with van der Waals surface area (Å²) in [5, 5.41) is 4.19. The van der Waals surface area contributed by atoms with Crippen molar-refractivity contribution in [2.75, 3.05) is 7.05 Å². The van der Waals surface area contributed by atoms with Crippen molar-refractivity contribution in [1.82, 2.24) is 10.3 Å². The molecule has 2 aromatic rings. The second-order valence-corrected chi connectivity index (χ2v) is 5.16. The van der Waals surface area contributed by atoms with Gasteiger partial charge in [-0.2, -0.15) is 0 Å². The molecule has 1 N–H and O–H groups in total. The topological polar surface area (TPSA) is 24.9 Å². The van der Waals surface area contributed by atoms with E-state index >= 15 is 0 Å². The highest BCUT2D eigenvalue weighted by Crippen LogP contribution is 2.24. The van der Waals surface area contributed by atoms with Crippen LogP contribution in [0.1, 0.15) is 29.2 Å². The maximum absolute atomic E-state index is 6.19. The first-order valence-corrected chi connectivity index (χ1v) is 6.90. The minimum atomic E-state index is 0.318. The van der Waals surface area contributed by atoms with E-state index in [0.29, 0.717) is 6.04 Å². The van der Waals surface area contributed by atoms with Crippen molar-refractivity contribution in [2.45, 2.75) is 25.8 Å². The van der Waals surface area contributed by atoms with Crippen LogP contribution < -0.4 is 5.32 Å². The average Bonchev–Trinajstić information content (AvgIpc) is 2.44. The minimum absolute atomic E-state index is 0.318. The van der Waals surface area contributed by atoms with Crippen molar-refractivity contribution in [1.29, 1.82) is 0 Å². The van der Waals surface area contributed by atoms with E-state index in [0.717, 1.165) is 23.4 Å².